The number of benzene rings is 2. The smallest absolute Gasteiger partial charge is 0.279 e. The Kier molecular flexibility index (Phi) is 5.79. The molecule has 142 valence electrons. The van der Waals surface area contributed by atoms with E-state index in [1.807, 2.05) is 50.2 Å². The van der Waals surface area contributed by atoms with Crippen molar-refractivity contribution in [3.05, 3.63) is 64.2 Å². The van der Waals surface area contributed by atoms with E-state index < -0.39 is 12.0 Å². The summed E-state index contributed by atoms with van der Waals surface area (Å²) in [7, 11) is 0. The van der Waals surface area contributed by atoms with Gasteiger partial charge in [-0.15, -0.1) is 0 Å². The second kappa shape index (κ2) is 8.25. The number of rotatable bonds is 4. The minimum atomic E-state index is -0.727. The van der Waals surface area contributed by atoms with Gasteiger partial charge in [-0.05, 0) is 86.9 Å². The van der Waals surface area contributed by atoms with E-state index in [1.54, 1.807) is 6.92 Å². The van der Waals surface area contributed by atoms with Gasteiger partial charge in [0.05, 0.1) is 0 Å². The number of hydrogen-bond donors (Lipinski definition) is 2. The van der Waals surface area contributed by atoms with Crippen molar-refractivity contribution in [3.8, 4) is 5.75 Å². The number of nitrogens with one attached hydrogen (secondary N) is 2. The van der Waals surface area contributed by atoms with Gasteiger partial charge >= 0.3 is 0 Å². The quantitative estimate of drug-likeness (QED) is 0.815. The highest BCUT2D eigenvalue weighted by Crippen LogP contribution is 2.23. The van der Waals surface area contributed by atoms with Crippen molar-refractivity contribution >= 4 is 11.8 Å². The van der Waals surface area contributed by atoms with Gasteiger partial charge in [0.25, 0.3) is 11.8 Å². The van der Waals surface area contributed by atoms with Gasteiger partial charge in [-0.1, -0.05) is 18.2 Å². The van der Waals surface area contributed by atoms with Crippen LogP contribution in [0.3, 0.4) is 0 Å². The fourth-order valence-electron chi connectivity index (χ4n) is 3.26. The molecule has 0 aromatic heterocycles. The van der Waals surface area contributed by atoms with E-state index in [9.17, 15) is 9.59 Å². The summed E-state index contributed by atoms with van der Waals surface area (Å²) >= 11 is 0. The first-order valence-electron chi connectivity index (χ1n) is 9.40. The summed E-state index contributed by atoms with van der Waals surface area (Å²) in [6.07, 6.45) is 3.70. The minimum absolute atomic E-state index is 0.323. The maximum absolute atomic E-state index is 12.3. The van der Waals surface area contributed by atoms with E-state index in [0.29, 0.717) is 11.3 Å². The third-order valence-corrected chi connectivity index (χ3v) is 5.14. The fraction of sp³-hybridized carbons (Fsp3) is 0.364. The van der Waals surface area contributed by atoms with E-state index in [0.717, 1.165) is 30.4 Å². The molecule has 2 aromatic carbocycles. The first kappa shape index (κ1) is 19.0. The van der Waals surface area contributed by atoms with Crippen LogP contribution < -0.4 is 15.6 Å². The van der Waals surface area contributed by atoms with Crippen LogP contribution in [0.4, 0.5) is 0 Å². The van der Waals surface area contributed by atoms with Crippen LogP contribution in [0.15, 0.2) is 36.4 Å². The predicted molar refractivity (Wildman–Crippen MR) is 105 cm³/mol. The Balaban J connectivity index is 1.56. The number of aryl methyl sites for hydroxylation is 3. The molecule has 0 spiro atoms. The molecule has 2 aromatic rings. The van der Waals surface area contributed by atoms with Crippen molar-refractivity contribution in [1.29, 1.82) is 0 Å². The van der Waals surface area contributed by atoms with Crippen molar-refractivity contribution in [2.45, 2.75) is 52.6 Å². The third kappa shape index (κ3) is 4.48. The first-order chi connectivity index (χ1) is 13.0. The molecule has 0 heterocycles. The monoisotopic (exact) mass is 366 g/mol. The first-order valence-corrected chi connectivity index (χ1v) is 9.40. The molecular formula is C22H26N2O3. The number of fused-ring (bicyclic) bond motifs is 1. The van der Waals surface area contributed by atoms with Crippen molar-refractivity contribution in [2.75, 3.05) is 0 Å². The van der Waals surface area contributed by atoms with Crippen LogP contribution in [0.2, 0.25) is 0 Å². The van der Waals surface area contributed by atoms with E-state index in [-0.39, 0.29) is 5.91 Å². The molecule has 1 atom stereocenters. The summed E-state index contributed by atoms with van der Waals surface area (Å²) in [4.78, 5) is 24.6. The summed E-state index contributed by atoms with van der Waals surface area (Å²) in [5.74, 6) is -0.0588. The molecule has 2 N–H and O–H groups in total. The van der Waals surface area contributed by atoms with Gasteiger partial charge < -0.3 is 4.74 Å². The molecule has 1 aliphatic carbocycles. The summed E-state index contributed by atoms with van der Waals surface area (Å²) < 4.78 is 5.74. The summed E-state index contributed by atoms with van der Waals surface area (Å²) in [5, 5.41) is 0. The fourth-order valence-corrected chi connectivity index (χ4v) is 3.26. The van der Waals surface area contributed by atoms with E-state index in [1.165, 1.54) is 17.5 Å². The number of ether oxygens (including phenoxy) is 1. The lowest BCUT2D eigenvalue weighted by Crippen LogP contribution is -2.47. The largest absolute Gasteiger partial charge is 0.481 e. The molecule has 0 bridgehead atoms. The summed E-state index contributed by atoms with van der Waals surface area (Å²) in [5.41, 5.74) is 10.1. The van der Waals surface area contributed by atoms with Gasteiger partial charge in [0.2, 0.25) is 0 Å². The minimum Gasteiger partial charge on any atom is -0.481 e. The molecule has 0 saturated carbocycles. The number of carbonyl (C=O) groups excluding carboxylic acids is 2. The molecule has 27 heavy (non-hydrogen) atoms. The molecule has 5 heteroatoms. The van der Waals surface area contributed by atoms with Crippen LogP contribution in [-0.4, -0.2) is 17.9 Å². The number of hydrazine groups is 1. The Bertz CT molecular complexity index is 861. The topological polar surface area (TPSA) is 67.4 Å². The van der Waals surface area contributed by atoms with Crippen molar-refractivity contribution < 1.29 is 14.3 Å². The molecule has 0 fully saturated rings. The standard InChI is InChI=1S/C22H26N2O3/c1-14-7-6-10-20(15(14)2)27-16(3)21(25)23-24-22(26)19-12-11-17-8-4-5-9-18(17)13-19/h6-7,10-13,16H,4-5,8-9H2,1-3H3,(H,23,25)(H,24,26)/t16-/m1/s1. The number of carbonyl (C=O) groups is 2. The molecule has 0 radical (unpaired) electrons. The SMILES string of the molecule is Cc1cccc(O[C@H](C)C(=O)NNC(=O)c2ccc3c(c2)CCCC3)c1C. The molecule has 1 aliphatic rings. The third-order valence-electron chi connectivity index (χ3n) is 5.14. The Morgan fingerprint density at radius 3 is 2.52 bits per heavy atom. The van der Waals surface area contributed by atoms with Crippen LogP contribution in [0.25, 0.3) is 0 Å². The maximum Gasteiger partial charge on any atom is 0.279 e. The van der Waals surface area contributed by atoms with Crippen LogP contribution in [0, 0.1) is 13.8 Å². The van der Waals surface area contributed by atoms with Gasteiger partial charge in [-0.3, -0.25) is 20.4 Å². The zero-order valence-electron chi connectivity index (χ0n) is 16.1. The molecular weight excluding hydrogens is 340 g/mol. The molecule has 0 saturated heterocycles. The van der Waals surface area contributed by atoms with Gasteiger partial charge in [0, 0.05) is 5.56 Å². The number of hydrogen-bond acceptors (Lipinski definition) is 3. The lowest BCUT2D eigenvalue weighted by molar-refractivity contribution is -0.128. The second-order valence-corrected chi connectivity index (χ2v) is 7.09. The van der Waals surface area contributed by atoms with Crippen LogP contribution in [0.5, 0.6) is 5.75 Å². The highest BCUT2D eigenvalue weighted by atomic mass is 16.5. The van der Waals surface area contributed by atoms with E-state index in [2.05, 4.69) is 10.9 Å². The lowest BCUT2D eigenvalue weighted by Gasteiger charge is -2.18. The van der Waals surface area contributed by atoms with Gasteiger partial charge in [-0.2, -0.15) is 0 Å². The molecule has 3 rings (SSSR count). The van der Waals surface area contributed by atoms with Crippen molar-refractivity contribution in [3.63, 3.8) is 0 Å². The summed E-state index contributed by atoms with van der Waals surface area (Å²) in [6, 6.07) is 11.5. The molecule has 0 unspecified atom stereocenters. The number of amides is 2. The lowest BCUT2D eigenvalue weighted by atomic mass is 9.90. The Labute approximate surface area is 160 Å². The molecule has 2 amide bonds. The average Bonchev–Trinajstić information content (AvgIpc) is 2.68. The predicted octanol–water partition coefficient (Wildman–Crippen LogP) is 3.41. The van der Waals surface area contributed by atoms with Crippen LogP contribution in [0.1, 0.15) is 52.4 Å². The van der Waals surface area contributed by atoms with Gasteiger partial charge in [-0.25, -0.2) is 0 Å². The summed E-state index contributed by atoms with van der Waals surface area (Å²) in [6.45, 7) is 5.60. The van der Waals surface area contributed by atoms with Crippen molar-refractivity contribution in [1.82, 2.24) is 10.9 Å². The van der Waals surface area contributed by atoms with Gasteiger partial charge in [0.15, 0.2) is 6.10 Å². The maximum atomic E-state index is 12.3. The Hall–Kier alpha value is -2.82. The highest BCUT2D eigenvalue weighted by molar-refractivity contribution is 5.96. The average molecular weight is 366 g/mol. The molecule has 0 aliphatic heterocycles. The highest BCUT2D eigenvalue weighted by Gasteiger charge is 2.18. The zero-order valence-corrected chi connectivity index (χ0v) is 16.1. The van der Waals surface area contributed by atoms with Gasteiger partial charge in [0.1, 0.15) is 5.75 Å². The Morgan fingerprint density at radius 1 is 1.00 bits per heavy atom. The zero-order chi connectivity index (χ0) is 19.4. The normalized spacial score (nSPS) is 14.0. The second-order valence-electron chi connectivity index (χ2n) is 7.09. The van der Waals surface area contributed by atoms with E-state index >= 15 is 0 Å². The van der Waals surface area contributed by atoms with Crippen LogP contribution in [-0.2, 0) is 17.6 Å². The van der Waals surface area contributed by atoms with Crippen molar-refractivity contribution in [2.24, 2.45) is 0 Å². The van der Waals surface area contributed by atoms with Crippen LogP contribution >= 0.6 is 0 Å². The van der Waals surface area contributed by atoms with E-state index in [4.69, 9.17) is 4.74 Å². The Morgan fingerprint density at radius 2 is 1.74 bits per heavy atom. The molecule has 5 nitrogen and oxygen atoms in total.